The van der Waals surface area contributed by atoms with E-state index in [-0.39, 0.29) is 17.8 Å². The van der Waals surface area contributed by atoms with Gasteiger partial charge in [0.25, 0.3) is 0 Å². The van der Waals surface area contributed by atoms with Gasteiger partial charge in [0.05, 0.1) is 12.9 Å². The standard InChI is InChI=1S/C16H20ClN3O3S/c1-5-20-15(18-19-16(20)24-9-14(21)22-4)11(3)23-12-6-7-13(17)10(2)8-12/h6-8,11H,5,9H2,1-4H3. The summed E-state index contributed by atoms with van der Waals surface area (Å²) in [5, 5.41) is 9.74. The number of nitrogens with zero attached hydrogens (tertiary/aromatic N) is 3. The first kappa shape index (κ1) is 18.6. The SMILES string of the molecule is CCn1c(SCC(=O)OC)nnc1C(C)Oc1ccc(Cl)c(C)c1. The number of esters is 1. The molecule has 0 aliphatic rings. The molecule has 130 valence electrons. The Kier molecular flexibility index (Phi) is 6.51. The second kappa shape index (κ2) is 8.39. The molecule has 1 atom stereocenters. The quantitative estimate of drug-likeness (QED) is 0.548. The molecule has 1 heterocycles. The Balaban J connectivity index is 2.13. The van der Waals surface area contributed by atoms with Gasteiger partial charge in [-0.3, -0.25) is 4.79 Å². The van der Waals surface area contributed by atoms with Gasteiger partial charge in [-0.05, 0) is 44.5 Å². The van der Waals surface area contributed by atoms with Gasteiger partial charge >= 0.3 is 5.97 Å². The molecule has 8 heteroatoms. The number of halogens is 1. The number of hydrogen-bond acceptors (Lipinski definition) is 6. The van der Waals surface area contributed by atoms with E-state index >= 15 is 0 Å². The molecule has 1 unspecified atom stereocenters. The van der Waals surface area contributed by atoms with Crippen LogP contribution in [0.5, 0.6) is 5.75 Å². The average Bonchev–Trinajstić information content (AvgIpc) is 2.99. The molecule has 0 N–H and O–H groups in total. The van der Waals surface area contributed by atoms with Gasteiger partial charge in [-0.1, -0.05) is 23.4 Å². The van der Waals surface area contributed by atoms with Crippen LogP contribution in [0.4, 0.5) is 0 Å². The van der Waals surface area contributed by atoms with Gasteiger partial charge in [-0.2, -0.15) is 0 Å². The topological polar surface area (TPSA) is 66.2 Å². The number of ether oxygens (including phenoxy) is 2. The van der Waals surface area contributed by atoms with Crippen molar-refractivity contribution in [3.05, 3.63) is 34.6 Å². The summed E-state index contributed by atoms with van der Waals surface area (Å²) < 4.78 is 12.5. The number of carbonyl (C=O) groups excluding carboxylic acids is 1. The van der Waals surface area contributed by atoms with Crippen LogP contribution < -0.4 is 4.74 Å². The van der Waals surface area contributed by atoms with E-state index in [1.165, 1.54) is 18.9 Å². The minimum absolute atomic E-state index is 0.195. The van der Waals surface area contributed by atoms with Crippen molar-refractivity contribution in [2.24, 2.45) is 0 Å². The number of aryl methyl sites for hydroxylation is 1. The maximum atomic E-state index is 11.3. The van der Waals surface area contributed by atoms with E-state index in [4.69, 9.17) is 16.3 Å². The van der Waals surface area contributed by atoms with Crippen LogP contribution >= 0.6 is 23.4 Å². The summed E-state index contributed by atoms with van der Waals surface area (Å²) >= 11 is 7.33. The monoisotopic (exact) mass is 369 g/mol. The van der Waals surface area contributed by atoms with Gasteiger partial charge < -0.3 is 14.0 Å². The zero-order chi connectivity index (χ0) is 17.7. The van der Waals surface area contributed by atoms with Crippen LogP contribution in [0.1, 0.15) is 31.3 Å². The molecule has 2 rings (SSSR count). The molecule has 0 radical (unpaired) electrons. The molecule has 1 aromatic heterocycles. The van der Waals surface area contributed by atoms with Crippen LogP contribution in [0, 0.1) is 6.92 Å². The van der Waals surface area contributed by atoms with Crippen molar-refractivity contribution in [2.45, 2.75) is 38.6 Å². The van der Waals surface area contributed by atoms with Crippen LogP contribution in [0.15, 0.2) is 23.4 Å². The Morgan fingerprint density at radius 2 is 2.17 bits per heavy atom. The van der Waals surface area contributed by atoms with E-state index in [0.29, 0.717) is 22.5 Å². The average molecular weight is 370 g/mol. The fourth-order valence-electron chi connectivity index (χ4n) is 2.13. The smallest absolute Gasteiger partial charge is 0.316 e. The first-order valence-corrected chi connectivity index (χ1v) is 8.88. The van der Waals surface area contributed by atoms with Crippen LogP contribution in [-0.2, 0) is 16.1 Å². The highest BCUT2D eigenvalue weighted by Gasteiger charge is 2.19. The largest absolute Gasteiger partial charge is 0.483 e. The van der Waals surface area contributed by atoms with Gasteiger partial charge in [0, 0.05) is 11.6 Å². The molecule has 0 fully saturated rings. The molecule has 0 aliphatic carbocycles. The van der Waals surface area contributed by atoms with Gasteiger partial charge in [-0.15, -0.1) is 10.2 Å². The minimum Gasteiger partial charge on any atom is -0.483 e. The Bertz CT molecular complexity index is 721. The van der Waals surface area contributed by atoms with Gasteiger partial charge in [0.1, 0.15) is 5.75 Å². The Labute approximate surface area is 150 Å². The van der Waals surface area contributed by atoms with Gasteiger partial charge in [0.15, 0.2) is 17.1 Å². The molecular weight excluding hydrogens is 350 g/mol. The summed E-state index contributed by atoms with van der Waals surface area (Å²) in [6, 6.07) is 5.52. The first-order valence-electron chi connectivity index (χ1n) is 7.51. The number of hydrogen-bond donors (Lipinski definition) is 0. The summed E-state index contributed by atoms with van der Waals surface area (Å²) in [4.78, 5) is 11.3. The van der Waals surface area contributed by atoms with E-state index in [0.717, 1.165) is 11.3 Å². The number of aromatic nitrogens is 3. The maximum absolute atomic E-state index is 11.3. The third-order valence-corrected chi connectivity index (χ3v) is 4.78. The number of thioether (sulfide) groups is 1. The van der Waals surface area contributed by atoms with Crippen molar-refractivity contribution in [1.82, 2.24) is 14.8 Å². The summed E-state index contributed by atoms with van der Waals surface area (Å²) in [7, 11) is 1.36. The number of benzene rings is 1. The van der Waals surface area contributed by atoms with Crippen LogP contribution in [0.25, 0.3) is 0 Å². The Morgan fingerprint density at radius 1 is 1.42 bits per heavy atom. The normalized spacial score (nSPS) is 12.0. The summed E-state index contributed by atoms with van der Waals surface area (Å²) in [6.45, 7) is 6.51. The summed E-state index contributed by atoms with van der Waals surface area (Å²) in [5.74, 6) is 1.32. The van der Waals surface area contributed by atoms with Crippen molar-refractivity contribution < 1.29 is 14.3 Å². The predicted molar refractivity (Wildman–Crippen MR) is 93.7 cm³/mol. The van der Waals surface area contributed by atoms with E-state index in [2.05, 4.69) is 14.9 Å². The molecular formula is C16H20ClN3O3S. The zero-order valence-corrected chi connectivity index (χ0v) is 15.6. The second-order valence-corrected chi connectivity index (χ2v) is 6.47. The molecule has 24 heavy (non-hydrogen) atoms. The molecule has 6 nitrogen and oxygen atoms in total. The third-order valence-electron chi connectivity index (χ3n) is 3.41. The van der Waals surface area contributed by atoms with Crippen LogP contribution in [0.2, 0.25) is 5.02 Å². The third kappa shape index (κ3) is 4.42. The van der Waals surface area contributed by atoms with Crippen molar-refractivity contribution >= 4 is 29.3 Å². The van der Waals surface area contributed by atoms with Gasteiger partial charge in [0.2, 0.25) is 0 Å². The van der Waals surface area contributed by atoms with Crippen molar-refractivity contribution in [3.8, 4) is 5.75 Å². The molecule has 0 spiro atoms. The van der Waals surface area contributed by atoms with Crippen LogP contribution in [0.3, 0.4) is 0 Å². The molecule has 0 saturated heterocycles. The minimum atomic E-state index is -0.298. The van der Waals surface area contributed by atoms with Crippen molar-refractivity contribution in [2.75, 3.05) is 12.9 Å². The molecule has 0 amide bonds. The van der Waals surface area contributed by atoms with Crippen LogP contribution in [-0.4, -0.2) is 33.6 Å². The lowest BCUT2D eigenvalue weighted by Crippen LogP contribution is -2.12. The number of methoxy groups -OCH3 is 1. The Morgan fingerprint density at radius 3 is 2.79 bits per heavy atom. The van der Waals surface area contributed by atoms with E-state index < -0.39 is 0 Å². The molecule has 2 aromatic rings. The highest BCUT2D eigenvalue weighted by molar-refractivity contribution is 7.99. The second-order valence-electron chi connectivity index (χ2n) is 5.12. The van der Waals surface area contributed by atoms with E-state index in [9.17, 15) is 4.79 Å². The summed E-state index contributed by atoms with van der Waals surface area (Å²) in [6.07, 6.45) is -0.287. The van der Waals surface area contributed by atoms with E-state index in [1.807, 2.05) is 37.5 Å². The first-order chi connectivity index (χ1) is 11.5. The molecule has 0 bridgehead atoms. The molecule has 0 saturated carbocycles. The maximum Gasteiger partial charge on any atom is 0.316 e. The number of carbonyl (C=O) groups is 1. The fourth-order valence-corrected chi connectivity index (χ4v) is 3.09. The number of rotatable bonds is 7. The van der Waals surface area contributed by atoms with Crippen molar-refractivity contribution in [1.29, 1.82) is 0 Å². The van der Waals surface area contributed by atoms with Crippen molar-refractivity contribution in [3.63, 3.8) is 0 Å². The highest BCUT2D eigenvalue weighted by atomic mass is 35.5. The Hall–Kier alpha value is -1.73. The predicted octanol–water partition coefficient (Wildman–Crippen LogP) is 3.66. The summed E-state index contributed by atoms with van der Waals surface area (Å²) in [5.41, 5.74) is 0.952. The van der Waals surface area contributed by atoms with Gasteiger partial charge in [-0.25, -0.2) is 0 Å². The highest BCUT2D eigenvalue weighted by Crippen LogP contribution is 2.27. The lowest BCUT2D eigenvalue weighted by molar-refractivity contribution is -0.137. The molecule has 0 aliphatic heterocycles. The lowest BCUT2D eigenvalue weighted by atomic mass is 10.2. The molecule has 1 aromatic carbocycles. The zero-order valence-electron chi connectivity index (χ0n) is 14.1. The lowest BCUT2D eigenvalue weighted by Gasteiger charge is -2.16. The van der Waals surface area contributed by atoms with E-state index in [1.54, 1.807) is 6.07 Å². The fraction of sp³-hybridized carbons (Fsp3) is 0.438.